The van der Waals surface area contributed by atoms with Crippen LogP contribution in [0.25, 0.3) is 22.8 Å². The van der Waals surface area contributed by atoms with Gasteiger partial charge in [0.25, 0.3) is 0 Å². The van der Waals surface area contributed by atoms with Crippen molar-refractivity contribution in [3.8, 4) is 22.8 Å². The Morgan fingerprint density at radius 3 is 2.58 bits per heavy atom. The molecule has 0 saturated carbocycles. The van der Waals surface area contributed by atoms with Crippen LogP contribution in [0.2, 0.25) is 0 Å². The molecule has 0 amide bonds. The summed E-state index contributed by atoms with van der Waals surface area (Å²) in [5.41, 5.74) is 7.99. The molecule has 0 fully saturated rings. The maximum atomic E-state index is 6.03. The van der Waals surface area contributed by atoms with Crippen molar-refractivity contribution in [3.05, 3.63) is 41.3 Å². The topological polar surface area (TPSA) is 56.7 Å². The Hall–Kier alpha value is -2.14. The number of aryl methyl sites for hydroxylation is 2. The standard InChI is InChI=1S/C14H14N4S/c1-9-8-11(12(15)19-9)14-16-13(17-18(14)2)10-6-4-3-5-7-10/h3-8H,15H2,1-2H3. The van der Waals surface area contributed by atoms with E-state index in [9.17, 15) is 0 Å². The molecule has 5 heteroatoms. The molecule has 3 aromatic rings. The molecule has 4 nitrogen and oxygen atoms in total. The molecule has 2 aromatic heterocycles. The molecule has 96 valence electrons. The lowest BCUT2D eigenvalue weighted by atomic mass is 10.2. The van der Waals surface area contributed by atoms with Crippen molar-refractivity contribution < 1.29 is 0 Å². The van der Waals surface area contributed by atoms with E-state index in [1.54, 1.807) is 16.0 Å². The fraction of sp³-hybridized carbons (Fsp3) is 0.143. The van der Waals surface area contributed by atoms with E-state index in [2.05, 4.69) is 16.1 Å². The van der Waals surface area contributed by atoms with Crippen LogP contribution in [-0.4, -0.2) is 14.8 Å². The highest BCUT2D eigenvalue weighted by molar-refractivity contribution is 7.16. The van der Waals surface area contributed by atoms with Gasteiger partial charge in [-0.1, -0.05) is 30.3 Å². The van der Waals surface area contributed by atoms with E-state index in [1.807, 2.05) is 44.3 Å². The van der Waals surface area contributed by atoms with E-state index >= 15 is 0 Å². The summed E-state index contributed by atoms with van der Waals surface area (Å²) in [5.74, 6) is 1.53. The second kappa shape index (κ2) is 4.51. The Morgan fingerprint density at radius 2 is 1.95 bits per heavy atom. The molecule has 0 aliphatic rings. The first kappa shape index (κ1) is 11.9. The molecule has 0 aliphatic carbocycles. The molecular formula is C14H14N4S. The van der Waals surface area contributed by atoms with Gasteiger partial charge >= 0.3 is 0 Å². The van der Waals surface area contributed by atoms with Gasteiger partial charge in [-0.15, -0.1) is 11.3 Å². The van der Waals surface area contributed by atoms with E-state index in [0.29, 0.717) is 0 Å². The lowest BCUT2D eigenvalue weighted by molar-refractivity contribution is 0.778. The van der Waals surface area contributed by atoms with Crippen LogP contribution in [0.1, 0.15) is 4.88 Å². The van der Waals surface area contributed by atoms with Crippen molar-refractivity contribution in [2.75, 3.05) is 5.73 Å². The van der Waals surface area contributed by atoms with Crippen LogP contribution in [0, 0.1) is 6.92 Å². The summed E-state index contributed by atoms with van der Waals surface area (Å²) in [6.07, 6.45) is 0. The van der Waals surface area contributed by atoms with Crippen LogP contribution in [0.5, 0.6) is 0 Å². The summed E-state index contributed by atoms with van der Waals surface area (Å²) in [6, 6.07) is 12.0. The number of benzene rings is 1. The Labute approximate surface area is 115 Å². The minimum atomic E-state index is 0.723. The van der Waals surface area contributed by atoms with Crippen LogP contribution in [0.3, 0.4) is 0 Å². The number of thiophene rings is 1. The highest BCUT2D eigenvalue weighted by Crippen LogP contribution is 2.33. The normalized spacial score (nSPS) is 10.8. The Kier molecular flexibility index (Phi) is 2.83. The van der Waals surface area contributed by atoms with E-state index in [4.69, 9.17) is 5.73 Å². The van der Waals surface area contributed by atoms with Crippen molar-refractivity contribution >= 4 is 16.3 Å². The largest absolute Gasteiger partial charge is 0.390 e. The number of anilines is 1. The fourth-order valence-corrected chi connectivity index (χ4v) is 2.82. The number of rotatable bonds is 2. The van der Waals surface area contributed by atoms with Crippen LogP contribution in [-0.2, 0) is 7.05 Å². The SMILES string of the molecule is Cc1cc(-c2nc(-c3ccccc3)nn2C)c(N)s1. The van der Waals surface area contributed by atoms with Crippen LogP contribution in [0.15, 0.2) is 36.4 Å². The molecule has 0 atom stereocenters. The first-order valence-electron chi connectivity index (χ1n) is 5.98. The lowest BCUT2D eigenvalue weighted by Crippen LogP contribution is -1.95. The molecule has 1 aromatic carbocycles. The highest BCUT2D eigenvalue weighted by atomic mass is 32.1. The summed E-state index contributed by atoms with van der Waals surface area (Å²) in [6.45, 7) is 2.04. The number of aromatic nitrogens is 3. The second-order valence-corrected chi connectivity index (χ2v) is 5.67. The Bertz CT molecular complexity index is 712. The number of hydrogen-bond donors (Lipinski definition) is 1. The third kappa shape index (κ3) is 2.13. The molecule has 0 spiro atoms. The molecule has 0 unspecified atom stereocenters. The van der Waals surface area contributed by atoms with E-state index in [-0.39, 0.29) is 0 Å². The fourth-order valence-electron chi connectivity index (χ4n) is 2.04. The molecule has 0 saturated heterocycles. The Morgan fingerprint density at radius 1 is 1.21 bits per heavy atom. The number of hydrogen-bond acceptors (Lipinski definition) is 4. The van der Waals surface area contributed by atoms with Crippen LogP contribution >= 0.6 is 11.3 Å². The summed E-state index contributed by atoms with van der Waals surface area (Å²) >= 11 is 1.57. The quantitative estimate of drug-likeness (QED) is 0.778. The van der Waals surface area contributed by atoms with E-state index in [0.717, 1.165) is 27.8 Å². The second-order valence-electron chi connectivity index (χ2n) is 4.38. The van der Waals surface area contributed by atoms with Gasteiger partial charge in [-0.25, -0.2) is 9.67 Å². The third-order valence-electron chi connectivity index (χ3n) is 2.92. The average Bonchev–Trinajstić information content (AvgIpc) is 2.93. The summed E-state index contributed by atoms with van der Waals surface area (Å²) in [7, 11) is 1.89. The molecule has 0 aliphatic heterocycles. The Balaban J connectivity index is 2.10. The van der Waals surface area contributed by atoms with Gasteiger partial charge in [0.05, 0.1) is 10.6 Å². The van der Waals surface area contributed by atoms with E-state index < -0.39 is 0 Å². The van der Waals surface area contributed by atoms with Crippen LogP contribution in [0.4, 0.5) is 5.00 Å². The first-order chi connectivity index (χ1) is 9.15. The summed E-state index contributed by atoms with van der Waals surface area (Å²) < 4.78 is 1.78. The minimum Gasteiger partial charge on any atom is -0.390 e. The van der Waals surface area contributed by atoms with Crippen LogP contribution < -0.4 is 5.73 Å². The molecule has 2 N–H and O–H groups in total. The van der Waals surface area contributed by atoms with Gasteiger partial charge in [0.1, 0.15) is 0 Å². The molecule has 2 heterocycles. The zero-order valence-corrected chi connectivity index (χ0v) is 11.6. The minimum absolute atomic E-state index is 0.723. The van der Waals surface area contributed by atoms with Gasteiger partial charge in [-0.3, -0.25) is 0 Å². The highest BCUT2D eigenvalue weighted by Gasteiger charge is 2.15. The zero-order chi connectivity index (χ0) is 13.4. The van der Waals surface area contributed by atoms with Gasteiger partial charge < -0.3 is 5.73 Å². The predicted molar refractivity (Wildman–Crippen MR) is 78.9 cm³/mol. The lowest BCUT2D eigenvalue weighted by Gasteiger charge is -1.96. The number of nitrogen functional groups attached to an aromatic ring is 1. The monoisotopic (exact) mass is 270 g/mol. The summed E-state index contributed by atoms with van der Waals surface area (Å²) in [4.78, 5) is 5.78. The molecule has 19 heavy (non-hydrogen) atoms. The molecule has 3 rings (SSSR count). The van der Waals surface area contributed by atoms with Gasteiger partial charge in [-0.05, 0) is 13.0 Å². The predicted octanol–water partition coefficient (Wildman–Crippen LogP) is 3.10. The smallest absolute Gasteiger partial charge is 0.181 e. The molecule has 0 bridgehead atoms. The van der Waals surface area contributed by atoms with Gasteiger partial charge in [-0.2, -0.15) is 5.10 Å². The van der Waals surface area contributed by atoms with Crippen molar-refractivity contribution in [1.82, 2.24) is 14.8 Å². The molecular weight excluding hydrogens is 256 g/mol. The maximum Gasteiger partial charge on any atom is 0.181 e. The van der Waals surface area contributed by atoms with Crippen molar-refractivity contribution in [2.45, 2.75) is 6.92 Å². The van der Waals surface area contributed by atoms with E-state index in [1.165, 1.54) is 4.88 Å². The van der Waals surface area contributed by atoms with Crippen molar-refractivity contribution in [3.63, 3.8) is 0 Å². The maximum absolute atomic E-state index is 6.03. The first-order valence-corrected chi connectivity index (χ1v) is 6.79. The van der Waals surface area contributed by atoms with Crippen molar-refractivity contribution in [1.29, 1.82) is 0 Å². The van der Waals surface area contributed by atoms with Gasteiger partial charge in [0.15, 0.2) is 11.6 Å². The average molecular weight is 270 g/mol. The summed E-state index contributed by atoms with van der Waals surface area (Å²) in [5, 5.41) is 5.25. The number of nitrogens with two attached hydrogens (primary N) is 1. The third-order valence-corrected chi connectivity index (χ3v) is 3.80. The molecule has 0 radical (unpaired) electrons. The van der Waals surface area contributed by atoms with Gasteiger partial charge in [0.2, 0.25) is 0 Å². The number of nitrogens with zero attached hydrogens (tertiary/aromatic N) is 3. The van der Waals surface area contributed by atoms with Gasteiger partial charge in [0, 0.05) is 17.5 Å². The zero-order valence-electron chi connectivity index (χ0n) is 10.8. The van der Waals surface area contributed by atoms with Crippen molar-refractivity contribution in [2.24, 2.45) is 7.05 Å².